The second-order valence-electron chi connectivity index (χ2n) is 7.70. The van der Waals surface area contributed by atoms with Crippen LogP contribution in [-0.4, -0.2) is 36.8 Å². The molecule has 1 amide bonds. The molecule has 0 radical (unpaired) electrons. The van der Waals surface area contributed by atoms with E-state index in [0.717, 1.165) is 34.9 Å². The normalized spacial score (nSPS) is 11.9. The van der Waals surface area contributed by atoms with E-state index in [1.807, 2.05) is 37.6 Å². The summed E-state index contributed by atoms with van der Waals surface area (Å²) < 4.78 is 43.8. The van der Waals surface area contributed by atoms with Gasteiger partial charge in [0.25, 0.3) is 5.91 Å². The molecule has 174 valence electrons. The lowest BCUT2D eigenvalue weighted by Gasteiger charge is -2.11. The van der Waals surface area contributed by atoms with Crippen LogP contribution in [0.3, 0.4) is 0 Å². The van der Waals surface area contributed by atoms with E-state index in [1.165, 1.54) is 11.3 Å². The summed E-state index contributed by atoms with van der Waals surface area (Å²) in [6, 6.07) is 6.56. The monoisotopic (exact) mass is 476 g/mol. The highest BCUT2D eigenvalue weighted by Gasteiger charge is 2.36. The first-order chi connectivity index (χ1) is 15.7. The second kappa shape index (κ2) is 8.97. The molecule has 0 aliphatic carbocycles. The van der Waals surface area contributed by atoms with Crippen molar-refractivity contribution in [1.82, 2.24) is 29.7 Å². The summed E-state index contributed by atoms with van der Waals surface area (Å²) in [5.41, 5.74) is 1.01. The number of rotatable bonds is 7. The lowest BCUT2D eigenvalue weighted by molar-refractivity contribution is -0.142. The Bertz CT molecular complexity index is 1300. The molecule has 0 unspecified atom stereocenters. The number of alkyl halides is 3. The van der Waals surface area contributed by atoms with Crippen molar-refractivity contribution in [3.63, 3.8) is 0 Å². The van der Waals surface area contributed by atoms with Crippen LogP contribution in [0.4, 0.5) is 13.2 Å². The average molecular weight is 477 g/mol. The number of carbonyl (C=O) groups is 1. The fraction of sp³-hybridized carbons (Fsp3) is 0.364. The third kappa shape index (κ3) is 4.77. The first-order valence-electron chi connectivity index (χ1n) is 10.5. The molecule has 0 bridgehead atoms. The Balaban J connectivity index is 1.58. The third-order valence-electron chi connectivity index (χ3n) is 5.21. The maximum absolute atomic E-state index is 13.7. The average Bonchev–Trinajstić information content (AvgIpc) is 3.47. The number of amides is 1. The Labute approximate surface area is 192 Å². The van der Waals surface area contributed by atoms with Crippen LogP contribution >= 0.6 is 11.3 Å². The summed E-state index contributed by atoms with van der Waals surface area (Å²) in [6.45, 7) is 6.79. The zero-order chi connectivity index (χ0) is 23.8. The zero-order valence-electron chi connectivity index (χ0n) is 18.4. The predicted octanol–water partition coefficient (Wildman–Crippen LogP) is 4.67. The standard InChI is InChI=1S/C22H23F3N6OS/c1-4-15-6-7-18(33-15)17-11-19(22(23,24)25)31-20(28-17)16(12-27-31)21(32)26-8-5-9-30-14(3)10-13(2)29-30/h6-7,10-12H,4-5,8-9H2,1-3H3,(H,26,32). The van der Waals surface area contributed by atoms with Gasteiger partial charge in [-0.2, -0.15) is 23.4 Å². The molecular weight excluding hydrogens is 453 g/mol. The highest BCUT2D eigenvalue weighted by Crippen LogP contribution is 2.34. The van der Waals surface area contributed by atoms with E-state index < -0.39 is 17.8 Å². The number of hydrogen-bond acceptors (Lipinski definition) is 5. The molecule has 0 fully saturated rings. The molecule has 7 nitrogen and oxygen atoms in total. The summed E-state index contributed by atoms with van der Waals surface area (Å²) in [5, 5.41) is 10.9. The lowest BCUT2D eigenvalue weighted by atomic mass is 10.2. The molecule has 4 aromatic rings. The third-order valence-corrected chi connectivity index (χ3v) is 6.46. The second-order valence-corrected chi connectivity index (χ2v) is 8.87. The van der Waals surface area contributed by atoms with Gasteiger partial charge in [-0.1, -0.05) is 6.92 Å². The number of halogens is 3. The molecule has 0 saturated carbocycles. The minimum atomic E-state index is -4.65. The Kier molecular flexibility index (Phi) is 6.24. The van der Waals surface area contributed by atoms with Gasteiger partial charge in [-0.15, -0.1) is 11.3 Å². The number of hydrogen-bond donors (Lipinski definition) is 1. The van der Waals surface area contributed by atoms with Crippen molar-refractivity contribution in [2.24, 2.45) is 0 Å². The SMILES string of the molecule is CCc1ccc(-c2cc(C(F)(F)F)n3ncc(C(=O)NCCCn4nc(C)cc4C)c3n2)s1. The van der Waals surface area contributed by atoms with Crippen LogP contribution in [0.1, 0.15) is 45.7 Å². The van der Waals surface area contributed by atoms with Gasteiger partial charge in [0.1, 0.15) is 5.56 Å². The molecule has 0 aliphatic heterocycles. The van der Waals surface area contributed by atoms with Crippen molar-refractivity contribution >= 4 is 22.9 Å². The van der Waals surface area contributed by atoms with Crippen LogP contribution in [-0.2, 0) is 19.1 Å². The fourth-order valence-corrected chi connectivity index (χ4v) is 4.49. The Morgan fingerprint density at radius 1 is 1.21 bits per heavy atom. The smallest absolute Gasteiger partial charge is 0.352 e. The van der Waals surface area contributed by atoms with Crippen LogP contribution in [0.5, 0.6) is 0 Å². The van der Waals surface area contributed by atoms with Gasteiger partial charge in [-0.3, -0.25) is 9.48 Å². The van der Waals surface area contributed by atoms with Crippen molar-refractivity contribution in [3.8, 4) is 10.6 Å². The van der Waals surface area contributed by atoms with Gasteiger partial charge in [0.15, 0.2) is 11.3 Å². The molecule has 0 aliphatic rings. The topological polar surface area (TPSA) is 77.1 Å². The van der Waals surface area contributed by atoms with Crippen molar-refractivity contribution in [2.45, 2.75) is 46.3 Å². The van der Waals surface area contributed by atoms with E-state index in [0.29, 0.717) is 28.9 Å². The zero-order valence-corrected chi connectivity index (χ0v) is 19.2. The summed E-state index contributed by atoms with van der Waals surface area (Å²) in [7, 11) is 0. The number of nitrogens with one attached hydrogen (secondary N) is 1. The van der Waals surface area contributed by atoms with Crippen LogP contribution in [0, 0.1) is 13.8 Å². The minimum Gasteiger partial charge on any atom is -0.352 e. The van der Waals surface area contributed by atoms with E-state index in [-0.39, 0.29) is 16.9 Å². The van der Waals surface area contributed by atoms with Crippen LogP contribution in [0.15, 0.2) is 30.5 Å². The molecule has 0 saturated heterocycles. The lowest BCUT2D eigenvalue weighted by Crippen LogP contribution is -2.25. The highest BCUT2D eigenvalue weighted by atomic mass is 32.1. The molecule has 11 heteroatoms. The van der Waals surface area contributed by atoms with E-state index in [4.69, 9.17) is 0 Å². The Hall–Kier alpha value is -3.21. The molecule has 33 heavy (non-hydrogen) atoms. The van der Waals surface area contributed by atoms with Gasteiger partial charge in [0, 0.05) is 23.7 Å². The number of aryl methyl sites for hydroxylation is 4. The molecule has 4 heterocycles. The molecule has 1 N–H and O–H groups in total. The van der Waals surface area contributed by atoms with E-state index in [2.05, 4.69) is 20.5 Å². The largest absolute Gasteiger partial charge is 0.433 e. The number of aromatic nitrogens is 5. The summed E-state index contributed by atoms with van der Waals surface area (Å²) >= 11 is 1.38. The van der Waals surface area contributed by atoms with Crippen molar-refractivity contribution in [1.29, 1.82) is 0 Å². The van der Waals surface area contributed by atoms with Crippen molar-refractivity contribution in [2.75, 3.05) is 6.54 Å². The number of fused-ring (bicyclic) bond motifs is 1. The number of thiophene rings is 1. The summed E-state index contributed by atoms with van der Waals surface area (Å²) in [4.78, 5) is 18.8. The summed E-state index contributed by atoms with van der Waals surface area (Å²) in [5.74, 6) is -0.517. The maximum atomic E-state index is 13.7. The molecule has 0 atom stereocenters. The summed E-state index contributed by atoms with van der Waals surface area (Å²) in [6.07, 6.45) is -2.13. The van der Waals surface area contributed by atoms with Gasteiger partial charge >= 0.3 is 6.18 Å². The van der Waals surface area contributed by atoms with Gasteiger partial charge < -0.3 is 5.32 Å². The van der Waals surface area contributed by atoms with E-state index in [9.17, 15) is 18.0 Å². The Morgan fingerprint density at radius 3 is 2.64 bits per heavy atom. The van der Waals surface area contributed by atoms with Crippen molar-refractivity contribution in [3.05, 3.63) is 58.0 Å². The fourth-order valence-electron chi connectivity index (χ4n) is 3.58. The Morgan fingerprint density at radius 2 is 2.00 bits per heavy atom. The molecule has 0 spiro atoms. The van der Waals surface area contributed by atoms with Gasteiger partial charge in [0.2, 0.25) is 0 Å². The predicted molar refractivity (Wildman–Crippen MR) is 119 cm³/mol. The number of nitrogens with zero attached hydrogens (tertiary/aromatic N) is 5. The molecule has 4 rings (SSSR count). The number of carbonyl (C=O) groups excluding carboxylic acids is 1. The molecule has 4 aromatic heterocycles. The molecule has 0 aromatic carbocycles. The van der Waals surface area contributed by atoms with Gasteiger partial charge in [0.05, 0.1) is 22.5 Å². The highest BCUT2D eigenvalue weighted by molar-refractivity contribution is 7.15. The van der Waals surface area contributed by atoms with Gasteiger partial charge in [-0.25, -0.2) is 9.50 Å². The molecular formula is C22H23F3N6OS. The first-order valence-corrected chi connectivity index (χ1v) is 11.3. The van der Waals surface area contributed by atoms with Crippen LogP contribution in [0.25, 0.3) is 16.2 Å². The first kappa shape index (κ1) is 23.0. The quantitative estimate of drug-likeness (QED) is 0.393. The van der Waals surface area contributed by atoms with Gasteiger partial charge in [-0.05, 0) is 51.0 Å². The van der Waals surface area contributed by atoms with E-state index >= 15 is 0 Å². The van der Waals surface area contributed by atoms with E-state index in [1.54, 1.807) is 6.07 Å². The maximum Gasteiger partial charge on any atom is 0.433 e. The minimum absolute atomic E-state index is 0.000681. The van der Waals surface area contributed by atoms with Crippen LogP contribution in [0.2, 0.25) is 0 Å². The van der Waals surface area contributed by atoms with Crippen LogP contribution < -0.4 is 5.32 Å². The van der Waals surface area contributed by atoms with Crippen molar-refractivity contribution < 1.29 is 18.0 Å².